The summed E-state index contributed by atoms with van der Waals surface area (Å²) < 4.78 is 16.1. The quantitative estimate of drug-likeness (QED) is 0.740. The van der Waals surface area contributed by atoms with E-state index in [0.29, 0.717) is 22.7 Å². The van der Waals surface area contributed by atoms with Crippen molar-refractivity contribution < 1.29 is 23.8 Å². The number of ketones is 1. The van der Waals surface area contributed by atoms with Gasteiger partial charge in [0.25, 0.3) is 5.91 Å². The third-order valence-electron chi connectivity index (χ3n) is 4.46. The van der Waals surface area contributed by atoms with Crippen molar-refractivity contribution in [3.8, 4) is 11.5 Å². The number of anilines is 2. The molecule has 0 atom stereocenters. The first-order valence-electron chi connectivity index (χ1n) is 9.11. The van der Waals surface area contributed by atoms with E-state index in [-0.39, 0.29) is 18.3 Å². The zero-order valence-corrected chi connectivity index (χ0v) is 16.1. The lowest BCUT2D eigenvalue weighted by molar-refractivity contribution is -0.118. The molecule has 0 saturated carbocycles. The SMILES string of the molecule is COc1cc(C(C)=O)ccc1OCC(=O)Nc1ccc(N2CCOCC2)cc1. The van der Waals surface area contributed by atoms with Crippen LogP contribution in [0.3, 0.4) is 0 Å². The number of amides is 1. The van der Waals surface area contributed by atoms with Gasteiger partial charge in [0.15, 0.2) is 23.9 Å². The summed E-state index contributed by atoms with van der Waals surface area (Å²) in [5.74, 6) is 0.473. The number of carbonyl (C=O) groups is 2. The highest BCUT2D eigenvalue weighted by Gasteiger charge is 2.12. The van der Waals surface area contributed by atoms with E-state index in [9.17, 15) is 9.59 Å². The Bertz CT molecular complexity index is 829. The van der Waals surface area contributed by atoms with Gasteiger partial charge in [0.1, 0.15) is 0 Å². The number of Topliss-reactive ketones (excluding diaryl/α,β-unsaturated/α-hetero) is 1. The van der Waals surface area contributed by atoms with Crippen molar-refractivity contribution in [2.45, 2.75) is 6.92 Å². The molecule has 0 bridgehead atoms. The molecule has 0 aromatic heterocycles. The van der Waals surface area contributed by atoms with Gasteiger partial charge in [-0.3, -0.25) is 9.59 Å². The average Bonchev–Trinajstić information content (AvgIpc) is 2.73. The number of nitrogens with zero attached hydrogens (tertiary/aromatic N) is 1. The Labute approximate surface area is 164 Å². The second kappa shape index (κ2) is 9.23. The van der Waals surface area contributed by atoms with Crippen LogP contribution in [0, 0.1) is 0 Å². The second-order valence-electron chi connectivity index (χ2n) is 6.40. The van der Waals surface area contributed by atoms with E-state index < -0.39 is 0 Å². The second-order valence-corrected chi connectivity index (χ2v) is 6.40. The van der Waals surface area contributed by atoms with E-state index in [1.165, 1.54) is 14.0 Å². The van der Waals surface area contributed by atoms with Crippen LogP contribution in [0.1, 0.15) is 17.3 Å². The molecule has 148 valence electrons. The highest BCUT2D eigenvalue weighted by molar-refractivity contribution is 5.95. The number of carbonyl (C=O) groups excluding carboxylic acids is 2. The average molecular weight is 384 g/mol. The van der Waals surface area contributed by atoms with Crippen LogP contribution in [0.2, 0.25) is 0 Å². The fourth-order valence-electron chi connectivity index (χ4n) is 2.92. The highest BCUT2D eigenvalue weighted by atomic mass is 16.5. The summed E-state index contributed by atoms with van der Waals surface area (Å²) >= 11 is 0. The van der Waals surface area contributed by atoms with Crippen molar-refractivity contribution >= 4 is 23.1 Å². The van der Waals surface area contributed by atoms with Crippen molar-refractivity contribution in [2.24, 2.45) is 0 Å². The van der Waals surface area contributed by atoms with Gasteiger partial charge in [-0.05, 0) is 49.4 Å². The maximum atomic E-state index is 12.2. The summed E-state index contributed by atoms with van der Waals surface area (Å²) in [6.07, 6.45) is 0. The van der Waals surface area contributed by atoms with Gasteiger partial charge < -0.3 is 24.4 Å². The number of ether oxygens (including phenoxy) is 3. The molecule has 2 aromatic carbocycles. The van der Waals surface area contributed by atoms with E-state index in [1.54, 1.807) is 18.2 Å². The maximum Gasteiger partial charge on any atom is 0.262 e. The van der Waals surface area contributed by atoms with E-state index in [4.69, 9.17) is 14.2 Å². The number of rotatable bonds is 7. The summed E-state index contributed by atoms with van der Waals surface area (Å²) in [5, 5.41) is 2.81. The Morgan fingerprint density at radius 2 is 1.79 bits per heavy atom. The Balaban J connectivity index is 1.55. The number of hydrogen-bond acceptors (Lipinski definition) is 6. The molecule has 7 heteroatoms. The molecule has 0 aliphatic carbocycles. The van der Waals surface area contributed by atoms with Crippen LogP contribution in [0.4, 0.5) is 11.4 Å². The summed E-state index contributed by atoms with van der Waals surface area (Å²) in [4.78, 5) is 25.9. The van der Waals surface area contributed by atoms with Crippen molar-refractivity contribution in [3.63, 3.8) is 0 Å². The largest absolute Gasteiger partial charge is 0.493 e. The molecule has 2 aromatic rings. The van der Waals surface area contributed by atoms with Gasteiger partial charge in [-0.1, -0.05) is 0 Å². The molecular weight excluding hydrogens is 360 g/mol. The molecule has 1 aliphatic rings. The molecular formula is C21H24N2O5. The summed E-state index contributed by atoms with van der Waals surface area (Å²) in [6.45, 7) is 4.50. The topological polar surface area (TPSA) is 77.1 Å². The van der Waals surface area contributed by atoms with Gasteiger partial charge in [0.2, 0.25) is 0 Å². The van der Waals surface area contributed by atoms with Crippen molar-refractivity contribution in [2.75, 3.05) is 50.2 Å². The van der Waals surface area contributed by atoms with Gasteiger partial charge in [0, 0.05) is 30.0 Å². The smallest absolute Gasteiger partial charge is 0.262 e. The minimum Gasteiger partial charge on any atom is -0.493 e. The Kier molecular flexibility index (Phi) is 6.49. The zero-order chi connectivity index (χ0) is 19.9. The van der Waals surface area contributed by atoms with Crippen LogP contribution < -0.4 is 19.7 Å². The molecule has 0 radical (unpaired) electrons. The van der Waals surface area contributed by atoms with Crippen LogP contribution in [-0.4, -0.2) is 51.7 Å². The van der Waals surface area contributed by atoms with Crippen LogP contribution in [-0.2, 0) is 9.53 Å². The lowest BCUT2D eigenvalue weighted by Crippen LogP contribution is -2.36. The summed E-state index contributed by atoms with van der Waals surface area (Å²) in [7, 11) is 1.49. The minimum atomic E-state index is -0.281. The molecule has 1 N–H and O–H groups in total. The highest BCUT2D eigenvalue weighted by Crippen LogP contribution is 2.28. The standard InChI is InChI=1S/C21H24N2O5/c1-15(24)16-3-8-19(20(13-16)26-2)28-14-21(25)22-17-4-6-18(7-5-17)23-9-11-27-12-10-23/h3-8,13H,9-12,14H2,1-2H3,(H,22,25). The third kappa shape index (κ3) is 5.01. The molecule has 1 aliphatic heterocycles. The van der Waals surface area contributed by atoms with Gasteiger partial charge in [-0.25, -0.2) is 0 Å². The molecule has 0 unspecified atom stereocenters. The van der Waals surface area contributed by atoms with E-state index in [1.807, 2.05) is 24.3 Å². The number of nitrogens with one attached hydrogen (secondary N) is 1. The van der Waals surface area contributed by atoms with Crippen molar-refractivity contribution in [3.05, 3.63) is 48.0 Å². The third-order valence-corrected chi connectivity index (χ3v) is 4.46. The Morgan fingerprint density at radius 1 is 1.07 bits per heavy atom. The molecule has 1 amide bonds. The minimum absolute atomic E-state index is 0.0666. The normalized spacial score (nSPS) is 13.7. The van der Waals surface area contributed by atoms with Crippen molar-refractivity contribution in [1.82, 2.24) is 0 Å². The molecule has 1 saturated heterocycles. The fraction of sp³-hybridized carbons (Fsp3) is 0.333. The number of benzene rings is 2. The number of hydrogen-bond donors (Lipinski definition) is 1. The maximum absolute atomic E-state index is 12.2. The van der Waals surface area contributed by atoms with Crippen molar-refractivity contribution in [1.29, 1.82) is 0 Å². The van der Waals surface area contributed by atoms with E-state index in [2.05, 4.69) is 10.2 Å². The van der Waals surface area contributed by atoms with E-state index >= 15 is 0 Å². The van der Waals surface area contributed by atoms with Crippen LogP contribution in [0.15, 0.2) is 42.5 Å². The first-order valence-corrected chi connectivity index (χ1v) is 9.11. The summed E-state index contributed by atoms with van der Waals surface area (Å²) in [6, 6.07) is 12.6. The lowest BCUT2D eigenvalue weighted by Gasteiger charge is -2.28. The zero-order valence-electron chi connectivity index (χ0n) is 16.1. The van der Waals surface area contributed by atoms with Crippen LogP contribution in [0.5, 0.6) is 11.5 Å². The molecule has 3 rings (SSSR count). The lowest BCUT2D eigenvalue weighted by atomic mass is 10.1. The molecule has 28 heavy (non-hydrogen) atoms. The first kappa shape index (κ1) is 19.7. The van der Waals surface area contributed by atoms with Gasteiger partial charge in [0.05, 0.1) is 20.3 Å². The Hall–Kier alpha value is -3.06. The first-order chi connectivity index (χ1) is 13.6. The van der Waals surface area contributed by atoms with Gasteiger partial charge in [-0.2, -0.15) is 0 Å². The van der Waals surface area contributed by atoms with Gasteiger partial charge >= 0.3 is 0 Å². The molecule has 7 nitrogen and oxygen atoms in total. The van der Waals surface area contributed by atoms with E-state index in [0.717, 1.165) is 32.0 Å². The Morgan fingerprint density at radius 3 is 2.43 bits per heavy atom. The molecule has 1 fully saturated rings. The van der Waals surface area contributed by atoms with Crippen LogP contribution >= 0.6 is 0 Å². The molecule has 1 heterocycles. The predicted molar refractivity (Wildman–Crippen MR) is 107 cm³/mol. The molecule has 0 spiro atoms. The fourth-order valence-corrected chi connectivity index (χ4v) is 2.92. The van der Waals surface area contributed by atoms with Gasteiger partial charge in [-0.15, -0.1) is 0 Å². The summed E-state index contributed by atoms with van der Waals surface area (Å²) in [5.41, 5.74) is 2.33. The predicted octanol–water partition coefficient (Wildman–Crippen LogP) is 2.75. The monoisotopic (exact) mass is 384 g/mol. The number of morpholine rings is 1. The van der Waals surface area contributed by atoms with Crippen LogP contribution in [0.25, 0.3) is 0 Å². The number of methoxy groups -OCH3 is 1.